The molecule has 0 saturated heterocycles. The number of hydrogen-bond donors (Lipinski definition) is 0. The summed E-state index contributed by atoms with van der Waals surface area (Å²) in [6.07, 6.45) is 6.11. The van der Waals surface area contributed by atoms with E-state index in [0.29, 0.717) is 6.61 Å². The molecule has 4 heteroatoms. The van der Waals surface area contributed by atoms with Gasteiger partial charge in [-0.2, -0.15) is 0 Å². The molecule has 0 bridgehead atoms. The Morgan fingerprint density at radius 3 is 2.09 bits per heavy atom. The number of carbonyl (C=O) groups is 2. The summed E-state index contributed by atoms with van der Waals surface area (Å²) in [6.45, 7) is 7.56. The number of benzene rings is 1. The molecule has 22 heavy (non-hydrogen) atoms. The molecule has 0 saturated carbocycles. The second-order valence-electron chi connectivity index (χ2n) is 5.62. The van der Waals surface area contributed by atoms with Gasteiger partial charge in [0.1, 0.15) is 5.60 Å². The second kappa shape index (κ2) is 8.17. The van der Waals surface area contributed by atoms with Gasteiger partial charge < -0.3 is 9.47 Å². The molecule has 1 aromatic carbocycles. The maximum absolute atomic E-state index is 11.6. The van der Waals surface area contributed by atoms with Gasteiger partial charge in [-0.3, -0.25) is 0 Å². The molecule has 0 atom stereocenters. The monoisotopic (exact) mass is 302 g/mol. The molecule has 0 heterocycles. The first-order valence-corrected chi connectivity index (χ1v) is 7.16. The van der Waals surface area contributed by atoms with Crippen molar-refractivity contribution in [2.24, 2.45) is 0 Å². The molecule has 0 aliphatic heterocycles. The van der Waals surface area contributed by atoms with E-state index in [4.69, 9.17) is 9.47 Å². The molecule has 0 aromatic heterocycles. The highest BCUT2D eigenvalue weighted by Gasteiger charge is 2.13. The molecular weight excluding hydrogens is 280 g/mol. The van der Waals surface area contributed by atoms with E-state index in [1.165, 1.54) is 12.2 Å². The van der Waals surface area contributed by atoms with Crippen LogP contribution < -0.4 is 0 Å². The van der Waals surface area contributed by atoms with Crippen molar-refractivity contribution in [2.45, 2.75) is 33.3 Å². The van der Waals surface area contributed by atoms with Crippen LogP contribution in [-0.2, 0) is 19.1 Å². The molecule has 0 aliphatic rings. The average molecular weight is 302 g/mol. The highest BCUT2D eigenvalue weighted by atomic mass is 16.6. The summed E-state index contributed by atoms with van der Waals surface area (Å²) < 4.78 is 10.0. The highest BCUT2D eigenvalue weighted by Crippen LogP contribution is 2.11. The molecule has 4 nitrogen and oxygen atoms in total. The van der Waals surface area contributed by atoms with E-state index >= 15 is 0 Å². The van der Waals surface area contributed by atoms with Gasteiger partial charge in [0.2, 0.25) is 0 Å². The number of rotatable bonds is 5. The molecule has 118 valence electrons. The Kier molecular flexibility index (Phi) is 6.57. The lowest BCUT2D eigenvalue weighted by Crippen LogP contribution is -2.22. The van der Waals surface area contributed by atoms with Crippen LogP contribution >= 0.6 is 0 Å². The van der Waals surface area contributed by atoms with Crippen LogP contribution in [0.15, 0.2) is 36.4 Å². The zero-order valence-electron chi connectivity index (χ0n) is 13.5. The van der Waals surface area contributed by atoms with Gasteiger partial charge in [-0.25, -0.2) is 9.59 Å². The Morgan fingerprint density at radius 2 is 1.59 bits per heavy atom. The van der Waals surface area contributed by atoms with Crippen LogP contribution in [0.2, 0.25) is 0 Å². The Labute approximate surface area is 131 Å². The lowest BCUT2D eigenvalue weighted by molar-refractivity contribution is -0.148. The van der Waals surface area contributed by atoms with E-state index in [2.05, 4.69) is 0 Å². The minimum atomic E-state index is -0.508. The standard InChI is InChI=1S/C18H22O4/c1-5-21-16(19)11-9-14-7-6-8-15(13-14)10-12-17(20)22-18(2,3)4/h6-13H,5H2,1-4H3. The van der Waals surface area contributed by atoms with Gasteiger partial charge >= 0.3 is 11.9 Å². The lowest BCUT2D eigenvalue weighted by atomic mass is 10.1. The largest absolute Gasteiger partial charge is 0.463 e. The SMILES string of the molecule is CCOC(=O)C=Cc1cccc(C=CC(=O)OC(C)(C)C)c1. The maximum Gasteiger partial charge on any atom is 0.331 e. The molecular formula is C18H22O4. The van der Waals surface area contributed by atoms with Gasteiger partial charge in [0, 0.05) is 12.2 Å². The Bertz CT molecular complexity index is 577. The lowest BCUT2D eigenvalue weighted by Gasteiger charge is -2.17. The molecule has 0 amide bonds. The summed E-state index contributed by atoms with van der Waals surface area (Å²) in [5.74, 6) is -0.767. The third-order valence-electron chi connectivity index (χ3n) is 2.43. The van der Waals surface area contributed by atoms with Crippen molar-refractivity contribution in [1.82, 2.24) is 0 Å². The molecule has 0 radical (unpaired) electrons. The molecule has 0 spiro atoms. The summed E-state index contributed by atoms with van der Waals surface area (Å²) in [6, 6.07) is 7.43. The zero-order valence-corrected chi connectivity index (χ0v) is 13.5. The van der Waals surface area contributed by atoms with Gasteiger partial charge in [-0.15, -0.1) is 0 Å². The molecule has 0 fully saturated rings. The fraction of sp³-hybridized carbons (Fsp3) is 0.333. The molecule has 0 aliphatic carbocycles. The van der Waals surface area contributed by atoms with Crippen molar-refractivity contribution in [3.8, 4) is 0 Å². The first-order chi connectivity index (χ1) is 10.3. The van der Waals surface area contributed by atoms with E-state index in [0.717, 1.165) is 11.1 Å². The van der Waals surface area contributed by atoms with Crippen molar-refractivity contribution in [3.05, 3.63) is 47.5 Å². The van der Waals surface area contributed by atoms with Gasteiger partial charge in [0.25, 0.3) is 0 Å². The van der Waals surface area contributed by atoms with Crippen LogP contribution in [0.25, 0.3) is 12.2 Å². The molecule has 1 aromatic rings. The minimum absolute atomic E-state index is 0.349. The minimum Gasteiger partial charge on any atom is -0.463 e. The number of ether oxygens (including phenoxy) is 2. The quantitative estimate of drug-likeness (QED) is 0.616. The van der Waals surface area contributed by atoms with Crippen molar-refractivity contribution >= 4 is 24.1 Å². The molecule has 0 unspecified atom stereocenters. The Morgan fingerprint density at radius 1 is 1.05 bits per heavy atom. The van der Waals surface area contributed by atoms with Crippen molar-refractivity contribution in [2.75, 3.05) is 6.61 Å². The predicted molar refractivity (Wildman–Crippen MR) is 87.0 cm³/mol. The third-order valence-corrected chi connectivity index (χ3v) is 2.43. The van der Waals surface area contributed by atoms with Gasteiger partial charge in [-0.05, 0) is 57.0 Å². The number of hydrogen-bond acceptors (Lipinski definition) is 4. The van der Waals surface area contributed by atoms with Gasteiger partial charge in [0.05, 0.1) is 6.61 Å². The smallest absolute Gasteiger partial charge is 0.331 e. The average Bonchev–Trinajstić information content (AvgIpc) is 2.42. The van der Waals surface area contributed by atoms with E-state index < -0.39 is 5.60 Å². The maximum atomic E-state index is 11.6. The van der Waals surface area contributed by atoms with Crippen LogP contribution in [0.3, 0.4) is 0 Å². The van der Waals surface area contributed by atoms with E-state index in [1.54, 1.807) is 19.1 Å². The van der Waals surface area contributed by atoms with Crippen molar-refractivity contribution in [1.29, 1.82) is 0 Å². The highest BCUT2D eigenvalue weighted by molar-refractivity contribution is 5.88. The fourth-order valence-electron chi connectivity index (χ4n) is 1.62. The first kappa shape index (κ1) is 17.7. The van der Waals surface area contributed by atoms with Crippen molar-refractivity contribution in [3.63, 3.8) is 0 Å². The second-order valence-corrected chi connectivity index (χ2v) is 5.62. The van der Waals surface area contributed by atoms with Gasteiger partial charge in [-0.1, -0.05) is 18.2 Å². The van der Waals surface area contributed by atoms with Crippen LogP contribution in [0.4, 0.5) is 0 Å². The van der Waals surface area contributed by atoms with Crippen LogP contribution in [-0.4, -0.2) is 24.1 Å². The first-order valence-electron chi connectivity index (χ1n) is 7.16. The van der Waals surface area contributed by atoms with Crippen LogP contribution in [0.5, 0.6) is 0 Å². The topological polar surface area (TPSA) is 52.6 Å². The van der Waals surface area contributed by atoms with E-state index in [1.807, 2.05) is 45.0 Å². The zero-order chi connectivity index (χ0) is 16.6. The van der Waals surface area contributed by atoms with E-state index in [9.17, 15) is 9.59 Å². The third kappa shape index (κ3) is 7.43. The molecule has 1 rings (SSSR count). The van der Waals surface area contributed by atoms with Crippen molar-refractivity contribution < 1.29 is 19.1 Å². The van der Waals surface area contributed by atoms with Gasteiger partial charge in [0.15, 0.2) is 0 Å². The van der Waals surface area contributed by atoms with Crippen LogP contribution in [0, 0.1) is 0 Å². The summed E-state index contributed by atoms with van der Waals surface area (Å²) in [5.41, 5.74) is 1.18. The van der Waals surface area contributed by atoms with Crippen LogP contribution in [0.1, 0.15) is 38.8 Å². The normalized spacial score (nSPS) is 11.8. The molecule has 0 N–H and O–H groups in total. The Balaban J connectivity index is 2.72. The predicted octanol–water partition coefficient (Wildman–Crippen LogP) is 3.62. The number of carbonyl (C=O) groups excluding carboxylic acids is 2. The summed E-state index contributed by atoms with van der Waals surface area (Å²) in [7, 11) is 0. The Hall–Kier alpha value is -2.36. The summed E-state index contributed by atoms with van der Waals surface area (Å²) in [5, 5.41) is 0. The fourth-order valence-corrected chi connectivity index (χ4v) is 1.62. The summed E-state index contributed by atoms with van der Waals surface area (Å²) >= 11 is 0. The number of esters is 2. The summed E-state index contributed by atoms with van der Waals surface area (Å²) in [4.78, 5) is 22.9. The van der Waals surface area contributed by atoms with E-state index in [-0.39, 0.29) is 11.9 Å².